The number of likely N-dealkylation sites (N-methyl/N-ethyl adjacent to an activating group) is 1. The fraction of sp³-hybridized carbons (Fsp3) is 0.467. The Kier molecular flexibility index (Phi) is 6.84. The molecule has 0 aliphatic carbocycles. The molecule has 4 N–H and O–H groups in total. The van der Waals surface area contributed by atoms with E-state index >= 15 is 0 Å². The maximum atomic E-state index is 11.3. The van der Waals surface area contributed by atoms with E-state index in [1.54, 1.807) is 31.2 Å². The van der Waals surface area contributed by atoms with Crippen molar-refractivity contribution in [1.82, 2.24) is 5.32 Å². The van der Waals surface area contributed by atoms with Crippen molar-refractivity contribution >= 4 is 17.6 Å². The number of rotatable bonds is 8. The second kappa shape index (κ2) is 8.39. The topological polar surface area (TPSA) is 98.7 Å². The standard InChI is InChI=1S/C15H22N2O4/c1-3-13(18)17-11-7-5-10(6-8-11)15(21)12(16-4-2)9-14(19)20/h5-8,12,15-16,21H,3-4,9H2,1-2H3,(H,17,18)(H,19,20). The van der Waals surface area contributed by atoms with Gasteiger partial charge in [-0.1, -0.05) is 26.0 Å². The zero-order chi connectivity index (χ0) is 15.8. The van der Waals surface area contributed by atoms with E-state index in [2.05, 4.69) is 10.6 Å². The van der Waals surface area contributed by atoms with Crippen LogP contribution in [0.4, 0.5) is 5.69 Å². The first-order valence-corrected chi connectivity index (χ1v) is 7.01. The highest BCUT2D eigenvalue weighted by molar-refractivity contribution is 5.90. The van der Waals surface area contributed by atoms with Crippen LogP contribution in [0.1, 0.15) is 38.4 Å². The Labute approximate surface area is 124 Å². The van der Waals surface area contributed by atoms with Crippen molar-refractivity contribution in [2.75, 3.05) is 11.9 Å². The first-order valence-electron chi connectivity index (χ1n) is 7.01. The zero-order valence-corrected chi connectivity index (χ0v) is 12.3. The fourth-order valence-corrected chi connectivity index (χ4v) is 1.99. The maximum absolute atomic E-state index is 11.3. The minimum atomic E-state index is -0.966. The highest BCUT2D eigenvalue weighted by Crippen LogP contribution is 2.21. The van der Waals surface area contributed by atoms with Gasteiger partial charge in [0.1, 0.15) is 0 Å². The Morgan fingerprint density at radius 1 is 1.19 bits per heavy atom. The zero-order valence-electron chi connectivity index (χ0n) is 12.3. The summed E-state index contributed by atoms with van der Waals surface area (Å²) in [5.41, 5.74) is 1.26. The van der Waals surface area contributed by atoms with Crippen molar-refractivity contribution in [2.45, 2.75) is 38.8 Å². The van der Waals surface area contributed by atoms with Crippen LogP contribution in [0.25, 0.3) is 0 Å². The van der Waals surface area contributed by atoms with E-state index in [-0.39, 0.29) is 12.3 Å². The van der Waals surface area contributed by atoms with Gasteiger partial charge in [-0.05, 0) is 24.2 Å². The summed E-state index contributed by atoms with van der Waals surface area (Å²) in [4.78, 5) is 22.1. The lowest BCUT2D eigenvalue weighted by Crippen LogP contribution is -2.36. The van der Waals surface area contributed by atoms with E-state index in [9.17, 15) is 14.7 Å². The highest BCUT2D eigenvalue weighted by Gasteiger charge is 2.22. The minimum absolute atomic E-state index is 0.0836. The van der Waals surface area contributed by atoms with Gasteiger partial charge in [-0.2, -0.15) is 0 Å². The second-order valence-corrected chi connectivity index (χ2v) is 4.73. The number of hydrogen-bond acceptors (Lipinski definition) is 4. The van der Waals surface area contributed by atoms with Gasteiger partial charge in [-0.3, -0.25) is 9.59 Å². The molecule has 1 aromatic carbocycles. The molecule has 0 spiro atoms. The molecule has 0 bridgehead atoms. The molecule has 0 aliphatic heterocycles. The van der Waals surface area contributed by atoms with Gasteiger partial charge in [0, 0.05) is 18.2 Å². The van der Waals surface area contributed by atoms with Crippen LogP contribution in [0.5, 0.6) is 0 Å². The number of carboxylic acid groups (broad SMARTS) is 1. The summed E-state index contributed by atoms with van der Waals surface area (Å²) >= 11 is 0. The Hall–Kier alpha value is -1.92. The summed E-state index contributed by atoms with van der Waals surface area (Å²) in [6.45, 7) is 4.19. The predicted octanol–water partition coefficient (Wildman–Crippen LogP) is 1.52. The van der Waals surface area contributed by atoms with Gasteiger partial charge in [-0.25, -0.2) is 0 Å². The summed E-state index contributed by atoms with van der Waals surface area (Å²) in [7, 11) is 0. The number of anilines is 1. The van der Waals surface area contributed by atoms with Crippen LogP contribution in [-0.2, 0) is 9.59 Å². The Morgan fingerprint density at radius 3 is 2.29 bits per heavy atom. The molecule has 116 valence electrons. The minimum Gasteiger partial charge on any atom is -0.481 e. The molecule has 6 nitrogen and oxygen atoms in total. The van der Waals surface area contributed by atoms with Gasteiger partial charge in [0.15, 0.2) is 0 Å². The fourth-order valence-electron chi connectivity index (χ4n) is 1.99. The molecule has 0 aromatic heterocycles. The van der Waals surface area contributed by atoms with Gasteiger partial charge in [0.25, 0.3) is 0 Å². The molecule has 1 amide bonds. The first-order chi connectivity index (χ1) is 9.97. The monoisotopic (exact) mass is 294 g/mol. The first kappa shape index (κ1) is 17.1. The number of nitrogens with one attached hydrogen (secondary N) is 2. The molecule has 1 aromatic rings. The number of benzene rings is 1. The SMILES string of the molecule is CCNC(CC(=O)O)C(O)c1ccc(NC(=O)CC)cc1. The van der Waals surface area contributed by atoms with Crippen LogP contribution >= 0.6 is 0 Å². The average molecular weight is 294 g/mol. The number of hydrogen-bond donors (Lipinski definition) is 4. The number of amides is 1. The summed E-state index contributed by atoms with van der Waals surface area (Å²) in [6.07, 6.45) is -0.689. The largest absolute Gasteiger partial charge is 0.481 e. The molecule has 1 rings (SSSR count). The van der Waals surface area contributed by atoms with Gasteiger partial charge < -0.3 is 20.8 Å². The lowest BCUT2D eigenvalue weighted by Gasteiger charge is -2.22. The van der Waals surface area contributed by atoms with Crippen LogP contribution < -0.4 is 10.6 Å². The van der Waals surface area contributed by atoms with Crippen molar-refractivity contribution in [2.24, 2.45) is 0 Å². The molecule has 6 heteroatoms. The third-order valence-corrected chi connectivity index (χ3v) is 3.10. The van der Waals surface area contributed by atoms with Gasteiger partial charge in [-0.15, -0.1) is 0 Å². The maximum Gasteiger partial charge on any atom is 0.305 e. The van der Waals surface area contributed by atoms with Crippen molar-refractivity contribution in [1.29, 1.82) is 0 Å². The summed E-state index contributed by atoms with van der Waals surface area (Å²) in [5.74, 6) is -1.05. The third kappa shape index (κ3) is 5.53. The van der Waals surface area contributed by atoms with E-state index < -0.39 is 18.1 Å². The van der Waals surface area contributed by atoms with Gasteiger partial charge >= 0.3 is 5.97 Å². The quantitative estimate of drug-likeness (QED) is 0.582. The molecule has 0 saturated carbocycles. The molecular weight excluding hydrogens is 272 g/mol. The molecular formula is C15H22N2O4. The lowest BCUT2D eigenvalue weighted by molar-refractivity contribution is -0.138. The lowest BCUT2D eigenvalue weighted by atomic mass is 9.99. The Bertz CT molecular complexity index is 473. The van der Waals surface area contributed by atoms with E-state index in [1.165, 1.54) is 0 Å². The normalized spacial score (nSPS) is 13.5. The summed E-state index contributed by atoms with van der Waals surface area (Å²) < 4.78 is 0. The molecule has 0 fully saturated rings. The highest BCUT2D eigenvalue weighted by atomic mass is 16.4. The molecule has 2 unspecified atom stereocenters. The van der Waals surface area contributed by atoms with E-state index in [1.807, 2.05) is 6.92 Å². The number of carbonyl (C=O) groups is 2. The van der Waals surface area contributed by atoms with Crippen molar-refractivity contribution < 1.29 is 19.8 Å². The van der Waals surface area contributed by atoms with E-state index in [4.69, 9.17) is 5.11 Å². The number of aliphatic hydroxyl groups excluding tert-OH is 1. The van der Waals surface area contributed by atoms with Crippen molar-refractivity contribution in [3.63, 3.8) is 0 Å². The number of aliphatic carboxylic acids is 1. The Balaban J connectivity index is 2.78. The summed E-state index contributed by atoms with van der Waals surface area (Å²) in [6, 6.07) is 6.19. The van der Waals surface area contributed by atoms with Crippen LogP contribution in [-0.4, -0.2) is 34.7 Å². The molecule has 0 aliphatic rings. The predicted molar refractivity (Wildman–Crippen MR) is 80.0 cm³/mol. The molecule has 0 heterocycles. The average Bonchev–Trinajstić information content (AvgIpc) is 2.46. The van der Waals surface area contributed by atoms with Gasteiger partial charge in [0.2, 0.25) is 5.91 Å². The third-order valence-electron chi connectivity index (χ3n) is 3.10. The summed E-state index contributed by atoms with van der Waals surface area (Å²) in [5, 5.41) is 24.8. The van der Waals surface area contributed by atoms with Crippen LogP contribution in [0.15, 0.2) is 24.3 Å². The number of carbonyl (C=O) groups excluding carboxylic acids is 1. The number of carboxylic acids is 1. The van der Waals surface area contributed by atoms with Crippen LogP contribution in [0.2, 0.25) is 0 Å². The molecule has 0 radical (unpaired) electrons. The van der Waals surface area contributed by atoms with Crippen molar-refractivity contribution in [3.05, 3.63) is 29.8 Å². The van der Waals surface area contributed by atoms with Crippen molar-refractivity contribution in [3.8, 4) is 0 Å². The van der Waals surface area contributed by atoms with Gasteiger partial charge in [0.05, 0.1) is 12.5 Å². The van der Waals surface area contributed by atoms with E-state index in [0.29, 0.717) is 24.2 Å². The molecule has 21 heavy (non-hydrogen) atoms. The van der Waals surface area contributed by atoms with Crippen LogP contribution in [0, 0.1) is 0 Å². The molecule has 2 atom stereocenters. The Morgan fingerprint density at radius 2 is 1.81 bits per heavy atom. The van der Waals surface area contributed by atoms with E-state index in [0.717, 1.165) is 0 Å². The van der Waals surface area contributed by atoms with Crippen LogP contribution in [0.3, 0.4) is 0 Å². The number of aliphatic hydroxyl groups is 1. The molecule has 0 saturated heterocycles. The second-order valence-electron chi connectivity index (χ2n) is 4.73. The smallest absolute Gasteiger partial charge is 0.305 e.